The van der Waals surface area contributed by atoms with Gasteiger partial charge in [0.25, 0.3) is 0 Å². The summed E-state index contributed by atoms with van der Waals surface area (Å²) >= 11 is 0. The largest absolute Gasteiger partial charge is 0.477 e. The van der Waals surface area contributed by atoms with Gasteiger partial charge in [-0.1, -0.05) is 6.07 Å². The molecule has 1 saturated heterocycles. The van der Waals surface area contributed by atoms with Crippen LogP contribution in [0.4, 0.5) is 5.82 Å². The number of rotatable bonds is 4. The molecule has 136 valence electrons. The van der Waals surface area contributed by atoms with Crippen LogP contribution in [0.2, 0.25) is 0 Å². The molecule has 6 heteroatoms. The Kier molecular flexibility index (Phi) is 4.49. The highest BCUT2D eigenvalue weighted by Crippen LogP contribution is 2.25. The van der Waals surface area contributed by atoms with Crippen LogP contribution < -0.4 is 9.64 Å². The van der Waals surface area contributed by atoms with E-state index < -0.39 is 0 Å². The van der Waals surface area contributed by atoms with Crippen LogP contribution in [0, 0.1) is 26.7 Å². The molecule has 1 aliphatic heterocycles. The van der Waals surface area contributed by atoms with Crippen molar-refractivity contribution >= 4 is 11.5 Å². The molecule has 0 saturated carbocycles. The summed E-state index contributed by atoms with van der Waals surface area (Å²) in [4.78, 5) is 11.4. The van der Waals surface area contributed by atoms with Gasteiger partial charge in [0.05, 0.1) is 12.3 Å². The topological polar surface area (TPSA) is 55.5 Å². The minimum atomic E-state index is 0.561. The first kappa shape index (κ1) is 16.8. The van der Waals surface area contributed by atoms with Crippen molar-refractivity contribution in [2.75, 3.05) is 24.6 Å². The average Bonchev–Trinajstić information content (AvgIpc) is 3.00. The predicted molar refractivity (Wildman–Crippen MR) is 102 cm³/mol. The number of hydrogen-bond acceptors (Lipinski definition) is 5. The van der Waals surface area contributed by atoms with Crippen molar-refractivity contribution in [3.05, 3.63) is 47.4 Å². The predicted octanol–water partition coefficient (Wildman–Crippen LogP) is 3.34. The third kappa shape index (κ3) is 3.49. The van der Waals surface area contributed by atoms with E-state index in [9.17, 15) is 0 Å². The standard InChI is InChI=1S/C20H25N5O/c1-14-5-4-6-19(22-14)26-13-17-7-9-24(10-8-17)20-12-15(2)21-18-11-16(3)23-25(18)20/h4-6,11-12,17H,7-10,13H2,1-3H3. The zero-order valence-corrected chi connectivity index (χ0v) is 15.6. The Balaban J connectivity index is 1.41. The lowest BCUT2D eigenvalue weighted by Crippen LogP contribution is -2.36. The molecule has 0 spiro atoms. The summed E-state index contributed by atoms with van der Waals surface area (Å²) in [7, 11) is 0. The number of pyridine rings is 1. The van der Waals surface area contributed by atoms with Gasteiger partial charge in [0.1, 0.15) is 5.82 Å². The van der Waals surface area contributed by atoms with Crippen molar-refractivity contribution in [2.45, 2.75) is 33.6 Å². The third-order valence-corrected chi connectivity index (χ3v) is 4.93. The van der Waals surface area contributed by atoms with E-state index in [0.717, 1.165) is 67.0 Å². The van der Waals surface area contributed by atoms with Crippen LogP contribution in [0.3, 0.4) is 0 Å². The Bertz CT molecular complexity index is 912. The Labute approximate surface area is 153 Å². The molecule has 0 bridgehead atoms. The van der Waals surface area contributed by atoms with Crippen molar-refractivity contribution < 1.29 is 4.74 Å². The van der Waals surface area contributed by atoms with E-state index in [0.29, 0.717) is 5.92 Å². The quantitative estimate of drug-likeness (QED) is 0.721. The molecule has 1 fully saturated rings. The van der Waals surface area contributed by atoms with Gasteiger partial charge >= 0.3 is 0 Å². The summed E-state index contributed by atoms with van der Waals surface area (Å²) in [5.74, 6) is 2.43. The number of aryl methyl sites for hydroxylation is 3. The Morgan fingerprint density at radius 1 is 1.00 bits per heavy atom. The van der Waals surface area contributed by atoms with E-state index in [2.05, 4.69) is 26.0 Å². The number of anilines is 1. The maximum absolute atomic E-state index is 5.90. The molecular weight excluding hydrogens is 326 g/mol. The fourth-order valence-corrected chi connectivity index (χ4v) is 3.55. The first-order chi connectivity index (χ1) is 12.6. The lowest BCUT2D eigenvalue weighted by Gasteiger charge is -2.33. The van der Waals surface area contributed by atoms with Gasteiger partial charge in [0.15, 0.2) is 5.65 Å². The summed E-state index contributed by atoms with van der Waals surface area (Å²) < 4.78 is 7.87. The Morgan fingerprint density at radius 2 is 1.81 bits per heavy atom. The molecule has 0 aliphatic carbocycles. The van der Waals surface area contributed by atoms with Crippen LogP contribution in [0.25, 0.3) is 5.65 Å². The lowest BCUT2D eigenvalue weighted by molar-refractivity contribution is 0.215. The van der Waals surface area contributed by atoms with Crippen molar-refractivity contribution in [1.29, 1.82) is 0 Å². The summed E-state index contributed by atoms with van der Waals surface area (Å²) in [6.45, 7) is 8.78. The number of piperidine rings is 1. The van der Waals surface area contributed by atoms with Crippen LogP contribution in [0.5, 0.6) is 5.88 Å². The van der Waals surface area contributed by atoms with Gasteiger partial charge in [-0.3, -0.25) is 0 Å². The fraction of sp³-hybridized carbons (Fsp3) is 0.450. The molecule has 4 heterocycles. The molecule has 4 rings (SSSR count). The number of fused-ring (bicyclic) bond motifs is 1. The highest BCUT2D eigenvalue weighted by molar-refractivity contribution is 5.52. The average molecular weight is 351 g/mol. The molecular formula is C20H25N5O. The van der Waals surface area contributed by atoms with Gasteiger partial charge in [0, 0.05) is 42.7 Å². The monoisotopic (exact) mass is 351 g/mol. The minimum Gasteiger partial charge on any atom is -0.477 e. The van der Waals surface area contributed by atoms with Crippen molar-refractivity contribution in [3.8, 4) is 5.88 Å². The molecule has 0 aromatic carbocycles. The van der Waals surface area contributed by atoms with E-state index in [-0.39, 0.29) is 0 Å². The van der Waals surface area contributed by atoms with Gasteiger partial charge in [0.2, 0.25) is 5.88 Å². The van der Waals surface area contributed by atoms with E-state index in [1.807, 2.05) is 49.6 Å². The minimum absolute atomic E-state index is 0.561. The van der Waals surface area contributed by atoms with Gasteiger partial charge in [-0.15, -0.1) is 0 Å². The van der Waals surface area contributed by atoms with Gasteiger partial charge in [-0.25, -0.2) is 9.97 Å². The molecule has 0 radical (unpaired) electrons. The summed E-state index contributed by atoms with van der Waals surface area (Å²) in [6, 6.07) is 10.1. The van der Waals surface area contributed by atoms with E-state index in [1.165, 1.54) is 0 Å². The second-order valence-corrected chi connectivity index (χ2v) is 7.17. The SMILES string of the molecule is Cc1cccc(OCC2CCN(c3cc(C)nc4cc(C)nn34)CC2)n1. The summed E-state index contributed by atoms with van der Waals surface area (Å²) in [5, 5.41) is 4.61. The first-order valence-corrected chi connectivity index (χ1v) is 9.24. The van der Waals surface area contributed by atoms with Crippen molar-refractivity contribution in [3.63, 3.8) is 0 Å². The van der Waals surface area contributed by atoms with Crippen LogP contribution in [0.15, 0.2) is 30.3 Å². The molecule has 1 aliphatic rings. The third-order valence-electron chi connectivity index (χ3n) is 4.93. The molecule has 6 nitrogen and oxygen atoms in total. The zero-order valence-electron chi connectivity index (χ0n) is 15.6. The number of nitrogens with zero attached hydrogens (tertiary/aromatic N) is 5. The fourth-order valence-electron chi connectivity index (χ4n) is 3.55. The van der Waals surface area contributed by atoms with Crippen LogP contribution >= 0.6 is 0 Å². The highest BCUT2D eigenvalue weighted by atomic mass is 16.5. The highest BCUT2D eigenvalue weighted by Gasteiger charge is 2.22. The van der Waals surface area contributed by atoms with E-state index >= 15 is 0 Å². The number of ether oxygens (including phenoxy) is 1. The van der Waals surface area contributed by atoms with Gasteiger partial charge in [-0.2, -0.15) is 9.61 Å². The Morgan fingerprint density at radius 3 is 2.58 bits per heavy atom. The van der Waals surface area contributed by atoms with E-state index in [4.69, 9.17) is 4.74 Å². The van der Waals surface area contributed by atoms with Gasteiger partial charge in [-0.05, 0) is 45.6 Å². The Hall–Kier alpha value is -2.63. The molecule has 0 atom stereocenters. The van der Waals surface area contributed by atoms with Crippen LogP contribution in [-0.4, -0.2) is 39.3 Å². The lowest BCUT2D eigenvalue weighted by atomic mass is 9.98. The summed E-state index contributed by atoms with van der Waals surface area (Å²) in [6.07, 6.45) is 2.21. The van der Waals surface area contributed by atoms with Gasteiger partial charge < -0.3 is 9.64 Å². The number of hydrogen-bond donors (Lipinski definition) is 0. The van der Waals surface area contributed by atoms with Crippen molar-refractivity contribution in [2.24, 2.45) is 5.92 Å². The molecule has 3 aromatic rings. The second-order valence-electron chi connectivity index (χ2n) is 7.17. The molecule has 0 amide bonds. The summed E-state index contributed by atoms with van der Waals surface area (Å²) in [5.41, 5.74) is 3.94. The zero-order chi connectivity index (χ0) is 18.1. The molecule has 26 heavy (non-hydrogen) atoms. The van der Waals surface area contributed by atoms with Crippen molar-refractivity contribution in [1.82, 2.24) is 19.6 Å². The number of aromatic nitrogens is 4. The second kappa shape index (κ2) is 6.94. The maximum atomic E-state index is 5.90. The van der Waals surface area contributed by atoms with E-state index in [1.54, 1.807) is 0 Å². The normalized spacial score (nSPS) is 15.6. The molecule has 0 N–H and O–H groups in total. The first-order valence-electron chi connectivity index (χ1n) is 9.24. The molecule has 0 unspecified atom stereocenters. The smallest absolute Gasteiger partial charge is 0.213 e. The van der Waals surface area contributed by atoms with Crippen LogP contribution in [0.1, 0.15) is 29.9 Å². The maximum Gasteiger partial charge on any atom is 0.213 e. The molecule has 3 aromatic heterocycles. The van der Waals surface area contributed by atoms with Crippen LogP contribution in [-0.2, 0) is 0 Å².